The lowest BCUT2D eigenvalue weighted by Crippen LogP contribution is -2.09. The molecule has 0 bridgehead atoms. The molecule has 0 aliphatic heterocycles. The smallest absolute Gasteiger partial charge is 0.165 e. The zero-order chi connectivity index (χ0) is 13.8. The molecule has 0 saturated carbocycles. The van der Waals surface area contributed by atoms with Gasteiger partial charge in [0.2, 0.25) is 0 Å². The van der Waals surface area contributed by atoms with E-state index in [4.69, 9.17) is 22.7 Å². The molecule has 0 saturated heterocycles. The number of aryl methyl sites for hydroxylation is 1. The molecule has 1 aromatic heterocycles. The molecule has 2 aromatic rings. The molecule has 0 aliphatic rings. The average molecular weight is 276 g/mol. The molecule has 0 aliphatic carbocycles. The summed E-state index contributed by atoms with van der Waals surface area (Å²) in [6.45, 7) is 2.20. The molecule has 0 radical (unpaired) electrons. The summed E-state index contributed by atoms with van der Waals surface area (Å²) < 4.78 is 19.2. The number of hydrogen-bond acceptors (Lipinski definition) is 3. The molecule has 3 nitrogen and oxygen atoms in total. The molecule has 19 heavy (non-hydrogen) atoms. The molecule has 2 rings (SSSR count). The number of benzene rings is 1. The summed E-state index contributed by atoms with van der Waals surface area (Å²) in [6, 6.07) is 6.36. The van der Waals surface area contributed by atoms with Crippen LogP contribution in [0.25, 0.3) is 0 Å². The maximum absolute atomic E-state index is 13.7. The highest BCUT2D eigenvalue weighted by Gasteiger charge is 2.06. The van der Waals surface area contributed by atoms with Gasteiger partial charge in [-0.05, 0) is 36.8 Å². The maximum Gasteiger partial charge on any atom is 0.165 e. The van der Waals surface area contributed by atoms with Gasteiger partial charge in [0.25, 0.3) is 0 Å². The largest absolute Gasteiger partial charge is 0.486 e. The minimum Gasteiger partial charge on any atom is -0.486 e. The summed E-state index contributed by atoms with van der Waals surface area (Å²) in [5, 5.41) is 0. The highest BCUT2D eigenvalue weighted by atomic mass is 32.1. The predicted molar refractivity (Wildman–Crippen MR) is 75.6 cm³/mol. The van der Waals surface area contributed by atoms with E-state index < -0.39 is 5.82 Å². The minimum atomic E-state index is -0.481. The molecule has 1 aromatic carbocycles. The van der Waals surface area contributed by atoms with Gasteiger partial charge in [0, 0.05) is 23.5 Å². The topological polar surface area (TPSA) is 48.1 Å². The molecule has 5 heteroatoms. The van der Waals surface area contributed by atoms with Crippen molar-refractivity contribution in [3.63, 3.8) is 0 Å². The van der Waals surface area contributed by atoms with Crippen LogP contribution in [0, 0.1) is 12.7 Å². The Kier molecular flexibility index (Phi) is 4.06. The number of aromatic nitrogens is 1. The standard InChI is InChI=1S/C14H13FN2OS/c1-9-4-10(7-17-6-9)8-18-13-3-2-11(14(16)19)5-12(13)15/h2-7H,8H2,1H3,(H2,16,19). The van der Waals surface area contributed by atoms with E-state index in [0.29, 0.717) is 5.56 Å². The fourth-order valence-electron chi connectivity index (χ4n) is 1.63. The molecule has 0 unspecified atom stereocenters. The van der Waals surface area contributed by atoms with Crippen molar-refractivity contribution < 1.29 is 9.13 Å². The van der Waals surface area contributed by atoms with E-state index >= 15 is 0 Å². The third-order valence-corrected chi connectivity index (χ3v) is 2.78. The number of nitrogens with zero attached hydrogens (tertiary/aromatic N) is 1. The Bertz CT molecular complexity index is 616. The molecule has 0 fully saturated rings. The number of halogens is 1. The van der Waals surface area contributed by atoms with E-state index in [0.717, 1.165) is 11.1 Å². The van der Waals surface area contributed by atoms with Crippen LogP contribution in [0.3, 0.4) is 0 Å². The first-order chi connectivity index (χ1) is 9.06. The number of rotatable bonds is 4. The summed E-state index contributed by atoms with van der Waals surface area (Å²) in [5.74, 6) is -0.313. The Morgan fingerprint density at radius 1 is 1.37 bits per heavy atom. The lowest BCUT2D eigenvalue weighted by molar-refractivity contribution is 0.290. The Balaban J connectivity index is 2.10. The number of thiocarbonyl (C=S) groups is 1. The van der Waals surface area contributed by atoms with Gasteiger partial charge in [-0.2, -0.15) is 0 Å². The lowest BCUT2D eigenvalue weighted by Gasteiger charge is -2.08. The normalized spacial score (nSPS) is 10.2. The van der Waals surface area contributed by atoms with Crippen molar-refractivity contribution in [2.75, 3.05) is 0 Å². The van der Waals surface area contributed by atoms with Crippen LogP contribution >= 0.6 is 12.2 Å². The number of hydrogen-bond donors (Lipinski definition) is 1. The van der Waals surface area contributed by atoms with Crippen molar-refractivity contribution in [1.82, 2.24) is 4.98 Å². The van der Waals surface area contributed by atoms with Crippen LogP contribution in [0.1, 0.15) is 16.7 Å². The van der Waals surface area contributed by atoms with E-state index in [1.54, 1.807) is 18.5 Å². The number of ether oxygens (including phenoxy) is 1. The first-order valence-corrected chi connectivity index (χ1v) is 6.10. The summed E-state index contributed by atoms with van der Waals surface area (Å²) in [7, 11) is 0. The van der Waals surface area contributed by atoms with Crippen LogP contribution in [0.2, 0.25) is 0 Å². The second-order valence-electron chi connectivity index (χ2n) is 4.17. The molecule has 0 amide bonds. The highest BCUT2D eigenvalue weighted by Crippen LogP contribution is 2.19. The van der Waals surface area contributed by atoms with Gasteiger partial charge >= 0.3 is 0 Å². The molecule has 0 atom stereocenters. The minimum absolute atomic E-state index is 0.160. The summed E-state index contributed by atoms with van der Waals surface area (Å²) >= 11 is 4.78. The molecule has 98 valence electrons. The van der Waals surface area contributed by atoms with Gasteiger partial charge in [0.05, 0.1) is 0 Å². The van der Waals surface area contributed by atoms with Gasteiger partial charge in [-0.25, -0.2) is 4.39 Å². The third kappa shape index (κ3) is 3.48. The van der Waals surface area contributed by atoms with Crippen LogP contribution in [-0.4, -0.2) is 9.97 Å². The first-order valence-electron chi connectivity index (χ1n) is 5.69. The molecular weight excluding hydrogens is 263 g/mol. The van der Waals surface area contributed by atoms with E-state index in [1.807, 2.05) is 13.0 Å². The van der Waals surface area contributed by atoms with E-state index in [1.165, 1.54) is 12.1 Å². The Morgan fingerprint density at radius 2 is 2.16 bits per heavy atom. The maximum atomic E-state index is 13.7. The first kappa shape index (κ1) is 13.4. The Hall–Kier alpha value is -2.01. The van der Waals surface area contributed by atoms with E-state index in [9.17, 15) is 4.39 Å². The van der Waals surface area contributed by atoms with Crippen molar-refractivity contribution >= 4 is 17.2 Å². The van der Waals surface area contributed by atoms with Gasteiger partial charge in [-0.3, -0.25) is 4.98 Å². The second-order valence-corrected chi connectivity index (χ2v) is 4.61. The lowest BCUT2D eigenvalue weighted by atomic mass is 10.2. The Morgan fingerprint density at radius 3 is 2.79 bits per heavy atom. The van der Waals surface area contributed by atoms with Crippen molar-refractivity contribution in [3.8, 4) is 5.75 Å². The second kappa shape index (κ2) is 5.75. The summed E-state index contributed by atoms with van der Waals surface area (Å²) in [6.07, 6.45) is 3.44. The van der Waals surface area contributed by atoms with E-state index in [2.05, 4.69) is 4.98 Å². The average Bonchev–Trinajstić information content (AvgIpc) is 2.37. The highest BCUT2D eigenvalue weighted by molar-refractivity contribution is 7.80. The van der Waals surface area contributed by atoms with Crippen LogP contribution in [0.5, 0.6) is 5.75 Å². The Labute approximate surface area is 116 Å². The molecule has 0 spiro atoms. The third-order valence-electron chi connectivity index (χ3n) is 2.54. The van der Waals surface area contributed by atoms with Crippen LogP contribution < -0.4 is 10.5 Å². The summed E-state index contributed by atoms with van der Waals surface area (Å²) in [4.78, 5) is 4.21. The predicted octanol–water partition coefficient (Wildman–Crippen LogP) is 2.74. The molecule has 2 N–H and O–H groups in total. The fourth-order valence-corrected chi connectivity index (χ4v) is 1.76. The van der Waals surface area contributed by atoms with Gasteiger partial charge < -0.3 is 10.5 Å². The SMILES string of the molecule is Cc1cncc(COc2ccc(C(N)=S)cc2F)c1. The van der Waals surface area contributed by atoms with Crippen LogP contribution in [0.15, 0.2) is 36.7 Å². The van der Waals surface area contributed by atoms with Gasteiger partial charge in [-0.1, -0.05) is 12.2 Å². The fraction of sp³-hybridized carbons (Fsp3) is 0.143. The monoisotopic (exact) mass is 276 g/mol. The van der Waals surface area contributed by atoms with Crippen molar-refractivity contribution in [2.45, 2.75) is 13.5 Å². The van der Waals surface area contributed by atoms with Gasteiger partial charge in [0.1, 0.15) is 11.6 Å². The van der Waals surface area contributed by atoms with Crippen molar-refractivity contribution in [2.24, 2.45) is 5.73 Å². The van der Waals surface area contributed by atoms with Crippen molar-refractivity contribution in [3.05, 3.63) is 59.2 Å². The quantitative estimate of drug-likeness (QED) is 0.872. The number of nitrogens with two attached hydrogens (primary N) is 1. The zero-order valence-electron chi connectivity index (χ0n) is 10.4. The molecule has 1 heterocycles. The number of pyridine rings is 1. The van der Waals surface area contributed by atoms with Gasteiger partial charge in [-0.15, -0.1) is 0 Å². The molecular formula is C14H13FN2OS. The van der Waals surface area contributed by atoms with Crippen LogP contribution in [0.4, 0.5) is 4.39 Å². The summed E-state index contributed by atoms with van der Waals surface area (Å²) in [5.41, 5.74) is 7.83. The zero-order valence-corrected chi connectivity index (χ0v) is 11.2. The van der Waals surface area contributed by atoms with Gasteiger partial charge in [0.15, 0.2) is 11.6 Å². The van der Waals surface area contributed by atoms with E-state index in [-0.39, 0.29) is 17.3 Å². The van der Waals surface area contributed by atoms with Crippen molar-refractivity contribution in [1.29, 1.82) is 0 Å². The van der Waals surface area contributed by atoms with Crippen LogP contribution in [-0.2, 0) is 6.61 Å².